The van der Waals surface area contributed by atoms with Crippen LogP contribution in [0.2, 0.25) is 0 Å². The van der Waals surface area contributed by atoms with Crippen LogP contribution in [0.15, 0.2) is 36.8 Å². The van der Waals surface area contributed by atoms with E-state index in [1.807, 2.05) is 13.2 Å². The molecule has 0 aliphatic heterocycles. The number of phenolic OH excluding ortho intramolecular Hbond substituents is 1. The number of aliphatic carboxylic acids is 1. The first kappa shape index (κ1) is 31.6. The number of nitrogens with zero attached hydrogens (tertiary/aromatic N) is 1. The van der Waals surface area contributed by atoms with Crippen molar-refractivity contribution in [3.63, 3.8) is 0 Å². The minimum Gasteiger partial charge on any atom is -0.508 e. The average Bonchev–Trinajstić information content (AvgIpc) is 3.42. The summed E-state index contributed by atoms with van der Waals surface area (Å²) in [5, 5.41) is 27.1. The normalized spacial score (nSPS) is 14.9. The van der Waals surface area contributed by atoms with Gasteiger partial charge >= 0.3 is 5.97 Å². The van der Waals surface area contributed by atoms with E-state index >= 15 is 0 Å². The summed E-state index contributed by atoms with van der Waals surface area (Å²) in [6.45, 7) is 3.62. The molecule has 5 atom stereocenters. The van der Waals surface area contributed by atoms with Crippen LogP contribution >= 0.6 is 11.8 Å². The monoisotopic (exact) mass is 562 g/mol. The lowest BCUT2D eigenvalue weighted by Crippen LogP contribution is -2.59. The first-order valence-electron chi connectivity index (χ1n) is 12.7. The van der Waals surface area contributed by atoms with Gasteiger partial charge in [0.05, 0.1) is 12.4 Å². The van der Waals surface area contributed by atoms with Gasteiger partial charge in [0, 0.05) is 24.7 Å². The molecule has 3 amide bonds. The molecule has 0 aliphatic carbocycles. The largest absolute Gasteiger partial charge is 0.508 e. The molecular weight excluding hydrogens is 524 g/mol. The Hall–Kier alpha value is -3.58. The number of H-pyrrole nitrogens is 1. The molecule has 39 heavy (non-hydrogen) atoms. The standard InChI is InChI=1S/C26H38N6O6S/c1-4-15(2)22(25(36)30-20(26(37)38)9-10-39-3)32-24(35)21(11-16-5-7-18(33)8-6-16)31-23(34)19(27)12-17-13-28-14-29-17/h5-8,13-15,19-22,33H,4,9-12,27H2,1-3H3,(H,28,29)(H,30,36)(H,31,34)(H,32,35)(H,37,38). The fraction of sp³-hybridized carbons (Fsp3) is 0.500. The number of carboxylic acids is 1. The molecular formula is C26H38N6O6S. The second-order valence-electron chi connectivity index (χ2n) is 9.37. The summed E-state index contributed by atoms with van der Waals surface area (Å²) >= 11 is 1.46. The first-order valence-corrected chi connectivity index (χ1v) is 14.1. The van der Waals surface area contributed by atoms with Crippen molar-refractivity contribution in [1.29, 1.82) is 0 Å². The number of aromatic hydroxyl groups is 1. The third-order valence-electron chi connectivity index (χ3n) is 6.36. The predicted octanol–water partition coefficient (Wildman–Crippen LogP) is 0.566. The number of nitrogens with two attached hydrogens (primary N) is 1. The topological polar surface area (TPSA) is 200 Å². The SMILES string of the molecule is CCC(C)C(NC(=O)C(Cc1ccc(O)cc1)NC(=O)C(N)Cc1cnc[nH]1)C(=O)NC(CCSC)C(=O)O. The van der Waals surface area contributed by atoms with Crippen molar-refractivity contribution in [2.75, 3.05) is 12.0 Å². The summed E-state index contributed by atoms with van der Waals surface area (Å²) in [5.41, 5.74) is 7.37. The number of aromatic nitrogens is 2. The Bertz CT molecular complexity index is 1080. The molecule has 1 aromatic heterocycles. The fourth-order valence-corrected chi connectivity index (χ4v) is 4.26. The molecule has 0 radical (unpaired) electrons. The Kier molecular flexibility index (Phi) is 12.8. The number of hydrogen-bond donors (Lipinski definition) is 7. The molecule has 13 heteroatoms. The number of imidazole rings is 1. The second kappa shape index (κ2) is 15.7. The molecule has 1 heterocycles. The van der Waals surface area contributed by atoms with Crippen molar-refractivity contribution in [2.45, 2.75) is 63.7 Å². The van der Waals surface area contributed by atoms with Gasteiger partial charge in [0.25, 0.3) is 0 Å². The molecule has 5 unspecified atom stereocenters. The number of nitrogens with one attached hydrogen (secondary N) is 4. The van der Waals surface area contributed by atoms with E-state index in [-0.39, 0.29) is 30.9 Å². The van der Waals surface area contributed by atoms with Crippen molar-refractivity contribution in [3.05, 3.63) is 48.0 Å². The highest BCUT2D eigenvalue weighted by Crippen LogP contribution is 2.14. The third kappa shape index (κ3) is 10.2. The van der Waals surface area contributed by atoms with Crippen molar-refractivity contribution in [2.24, 2.45) is 11.7 Å². The number of hydrogen-bond acceptors (Lipinski definition) is 8. The zero-order valence-electron chi connectivity index (χ0n) is 22.3. The molecule has 8 N–H and O–H groups in total. The van der Waals surface area contributed by atoms with Crippen LogP contribution in [0.4, 0.5) is 0 Å². The highest BCUT2D eigenvalue weighted by Gasteiger charge is 2.33. The van der Waals surface area contributed by atoms with E-state index in [9.17, 15) is 29.4 Å². The minimum absolute atomic E-state index is 0.0494. The van der Waals surface area contributed by atoms with Crippen LogP contribution in [0, 0.1) is 5.92 Å². The molecule has 0 spiro atoms. The number of carbonyl (C=O) groups is 4. The highest BCUT2D eigenvalue weighted by molar-refractivity contribution is 7.98. The van der Waals surface area contributed by atoms with Gasteiger partial charge < -0.3 is 36.9 Å². The third-order valence-corrected chi connectivity index (χ3v) is 7.00. The molecule has 0 saturated carbocycles. The van der Waals surface area contributed by atoms with Crippen LogP contribution in [0.1, 0.15) is 37.9 Å². The number of phenols is 1. The molecule has 0 saturated heterocycles. The van der Waals surface area contributed by atoms with E-state index in [0.717, 1.165) is 0 Å². The van der Waals surface area contributed by atoms with Crippen LogP contribution in [0.5, 0.6) is 5.75 Å². The lowest BCUT2D eigenvalue weighted by molar-refractivity contribution is -0.142. The predicted molar refractivity (Wildman–Crippen MR) is 148 cm³/mol. The van der Waals surface area contributed by atoms with Crippen LogP contribution in [0.25, 0.3) is 0 Å². The zero-order valence-corrected chi connectivity index (χ0v) is 23.2. The van der Waals surface area contributed by atoms with E-state index in [0.29, 0.717) is 23.4 Å². The first-order chi connectivity index (χ1) is 18.5. The van der Waals surface area contributed by atoms with Crippen molar-refractivity contribution in [1.82, 2.24) is 25.9 Å². The number of carbonyl (C=O) groups excluding carboxylic acids is 3. The van der Waals surface area contributed by atoms with Crippen LogP contribution < -0.4 is 21.7 Å². The van der Waals surface area contributed by atoms with Gasteiger partial charge in [-0.15, -0.1) is 0 Å². The summed E-state index contributed by atoms with van der Waals surface area (Å²) in [6.07, 6.45) is 5.86. The Morgan fingerprint density at radius 1 is 1.03 bits per heavy atom. The maximum atomic E-state index is 13.5. The number of amides is 3. The average molecular weight is 563 g/mol. The van der Waals surface area contributed by atoms with Gasteiger partial charge in [0.15, 0.2) is 0 Å². The van der Waals surface area contributed by atoms with E-state index in [4.69, 9.17) is 5.73 Å². The summed E-state index contributed by atoms with van der Waals surface area (Å²) in [5.74, 6) is -2.70. The van der Waals surface area contributed by atoms with Gasteiger partial charge in [0.1, 0.15) is 23.9 Å². The quantitative estimate of drug-likeness (QED) is 0.153. The Labute approximate surface area is 231 Å². The summed E-state index contributed by atoms with van der Waals surface area (Å²) in [7, 11) is 0. The van der Waals surface area contributed by atoms with Gasteiger partial charge in [-0.1, -0.05) is 32.4 Å². The molecule has 0 fully saturated rings. The maximum Gasteiger partial charge on any atom is 0.326 e. The van der Waals surface area contributed by atoms with E-state index in [1.165, 1.54) is 30.2 Å². The van der Waals surface area contributed by atoms with E-state index in [2.05, 4.69) is 25.9 Å². The van der Waals surface area contributed by atoms with E-state index in [1.54, 1.807) is 25.3 Å². The highest BCUT2D eigenvalue weighted by atomic mass is 32.2. The Morgan fingerprint density at radius 2 is 1.69 bits per heavy atom. The fourth-order valence-electron chi connectivity index (χ4n) is 3.79. The van der Waals surface area contributed by atoms with Crippen LogP contribution in [-0.4, -0.2) is 80.0 Å². The number of carboxylic acid groups (broad SMARTS) is 1. The molecule has 214 valence electrons. The van der Waals surface area contributed by atoms with Gasteiger partial charge in [-0.05, 0) is 42.0 Å². The van der Waals surface area contributed by atoms with Crippen molar-refractivity contribution < 1.29 is 29.4 Å². The van der Waals surface area contributed by atoms with Crippen molar-refractivity contribution >= 4 is 35.5 Å². The molecule has 12 nitrogen and oxygen atoms in total. The van der Waals surface area contributed by atoms with Crippen molar-refractivity contribution in [3.8, 4) is 5.75 Å². The van der Waals surface area contributed by atoms with Crippen LogP contribution in [-0.2, 0) is 32.0 Å². The Morgan fingerprint density at radius 3 is 2.26 bits per heavy atom. The van der Waals surface area contributed by atoms with Crippen LogP contribution in [0.3, 0.4) is 0 Å². The van der Waals surface area contributed by atoms with Gasteiger partial charge in [-0.2, -0.15) is 11.8 Å². The van der Waals surface area contributed by atoms with Gasteiger partial charge in [-0.3, -0.25) is 14.4 Å². The molecule has 0 bridgehead atoms. The molecule has 1 aromatic carbocycles. The minimum atomic E-state index is -1.16. The molecule has 2 aromatic rings. The number of aromatic amines is 1. The summed E-state index contributed by atoms with van der Waals surface area (Å²) in [6, 6.07) is 1.97. The smallest absolute Gasteiger partial charge is 0.326 e. The Balaban J connectivity index is 2.22. The number of benzene rings is 1. The lowest BCUT2D eigenvalue weighted by atomic mass is 9.96. The van der Waals surface area contributed by atoms with Gasteiger partial charge in [-0.25, -0.2) is 9.78 Å². The second-order valence-corrected chi connectivity index (χ2v) is 10.4. The van der Waals surface area contributed by atoms with E-state index < -0.39 is 47.9 Å². The molecule has 0 aliphatic rings. The zero-order chi connectivity index (χ0) is 28.9. The maximum absolute atomic E-state index is 13.5. The molecule has 2 rings (SSSR count). The lowest BCUT2D eigenvalue weighted by Gasteiger charge is -2.28. The summed E-state index contributed by atoms with van der Waals surface area (Å²) in [4.78, 5) is 58.0. The van der Waals surface area contributed by atoms with Gasteiger partial charge in [0.2, 0.25) is 17.7 Å². The number of thioether (sulfide) groups is 1. The number of rotatable bonds is 16. The summed E-state index contributed by atoms with van der Waals surface area (Å²) < 4.78 is 0.